The number of carbonyl (C=O) groups excluding carboxylic acids is 1. The van der Waals surface area contributed by atoms with Gasteiger partial charge >= 0.3 is 0 Å². The molecular weight excluding hydrogens is 196 g/mol. The average molecular weight is 214 g/mol. The summed E-state index contributed by atoms with van der Waals surface area (Å²) in [5, 5.41) is 0. The van der Waals surface area contributed by atoms with Crippen molar-refractivity contribution < 1.29 is 4.79 Å². The molecule has 0 radical (unpaired) electrons. The lowest BCUT2D eigenvalue weighted by Gasteiger charge is -2.34. The van der Waals surface area contributed by atoms with Crippen molar-refractivity contribution in [3.63, 3.8) is 0 Å². The molecule has 0 fully saturated rings. The van der Waals surface area contributed by atoms with Gasteiger partial charge in [-0.25, -0.2) is 0 Å². The van der Waals surface area contributed by atoms with E-state index in [9.17, 15) is 4.79 Å². The Morgan fingerprint density at radius 1 is 1.25 bits per heavy atom. The van der Waals surface area contributed by atoms with Crippen LogP contribution >= 0.6 is 0 Å². The summed E-state index contributed by atoms with van der Waals surface area (Å²) in [7, 11) is 0. The maximum Gasteiger partial charge on any atom is 0.127 e. The second-order valence-corrected chi connectivity index (χ2v) is 5.28. The van der Waals surface area contributed by atoms with Gasteiger partial charge in [0, 0.05) is 5.92 Å². The normalized spacial score (nSPS) is 27.6. The van der Waals surface area contributed by atoms with Crippen LogP contribution in [0.4, 0.5) is 0 Å². The highest BCUT2D eigenvalue weighted by molar-refractivity contribution is 5.59. The van der Waals surface area contributed by atoms with Gasteiger partial charge in [0.1, 0.15) is 6.29 Å². The van der Waals surface area contributed by atoms with Crippen molar-refractivity contribution in [1.82, 2.24) is 0 Å². The summed E-state index contributed by atoms with van der Waals surface area (Å²) >= 11 is 0. The van der Waals surface area contributed by atoms with Gasteiger partial charge in [-0.15, -0.1) is 0 Å². The van der Waals surface area contributed by atoms with Crippen LogP contribution in [0.5, 0.6) is 0 Å². The fourth-order valence-corrected chi connectivity index (χ4v) is 2.46. The maximum atomic E-state index is 11.1. The van der Waals surface area contributed by atoms with Crippen LogP contribution in [0.1, 0.15) is 31.7 Å². The summed E-state index contributed by atoms with van der Waals surface area (Å²) in [5.74, 6) is 0.370. The summed E-state index contributed by atoms with van der Waals surface area (Å²) in [6.45, 7) is 4.45. The monoisotopic (exact) mass is 214 g/mol. The molecule has 0 aromatic heterocycles. The van der Waals surface area contributed by atoms with Crippen molar-refractivity contribution in [3.05, 3.63) is 48.0 Å². The molecule has 0 amide bonds. The Balaban J connectivity index is 2.32. The van der Waals surface area contributed by atoms with E-state index in [0.717, 1.165) is 12.7 Å². The third-order valence-corrected chi connectivity index (χ3v) is 3.37. The lowest BCUT2D eigenvalue weighted by Crippen LogP contribution is -2.24. The van der Waals surface area contributed by atoms with Crippen LogP contribution in [-0.4, -0.2) is 6.29 Å². The third kappa shape index (κ3) is 2.24. The number of allylic oxidation sites excluding steroid dienone is 2. The molecule has 16 heavy (non-hydrogen) atoms. The molecular formula is C15H18O. The lowest BCUT2D eigenvalue weighted by atomic mass is 9.70. The highest BCUT2D eigenvalue weighted by Crippen LogP contribution is 2.41. The molecule has 1 aromatic carbocycles. The molecule has 0 saturated carbocycles. The fraction of sp³-hybridized carbons (Fsp3) is 0.400. The Morgan fingerprint density at radius 3 is 2.56 bits per heavy atom. The van der Waals surface area contributed by atoms with E-state index in [1.807, 2.05) is 18.2 Å². The summed E-state index contributed by atoms with van der Waals surface area (Å²) in [5.41, 5.74) is 1.47. The maximum absolute atomic E-state index is 11.1. The highest BCUT2D eigenvalue weighted by atomic mass is 16.1. The second kappa shape index (κ2) is 4.25. The lowest BCUT2D eigenvalue weighted by molar-refractivity contribution is -0.110. The van der Waals surface area contributed by atoms with Crippen LogP contribution < -0.4 is 0 Å². The average Bonchev–Trinajstić information content (AvgIpc) is 2.29. The molecule has 1 aliphatic carbocycles. The minimum Gasteiger partial charge on any atom is -0.303 e. The van der Waals surface area contributed by atoms with E-state index in [1.165, 1.54) is 5.56 Å². The Morgan fingerprint density at radius 2 is 1.94 bits per heavy atom. The minimum absolute atomic E-state index is 0.0374. The highest BCUT2D eigenvalue weighted by Gasteiger charge is 2.31. The molecule has 1 heteroatoms. The first-order valence-electron chi connectivity index (χ1n) is 5.82. The molecule has 84 valence electrons. The van der Waals surface area contributed by atoms with Crippen molar-refractivity contribution in [2.24, 2.45) is 11.3 Å². The Labute approximate surface area is 97.2 Å². The molecule has 1 nitrogen and oxygen atoms in total. The van der Waals surface area contributed by atoms with Gasteiger partial charge in [-0.2, -0.15) is 0 Å². The predicted octanol–water partition coefficient (Wildman–Crippen LogP) is 3.57. The van der Waals surface area contributed by atoms with Crippen LogP contribution in [0.2, 0.25) is 0 Å². The summed E-state index contributed by atoms with van der Waals surface area (Å²) in [6, 6.07) is 10.3. The van der Waals surface area contributed by atoms with Crippen LogP contribution in [0.3, 0.4) is 0 Å². The largest absolute Gasteiger partial charge is 0.303 e. The zero-order valence-electron chi connectivity index (χ0n) is 9.89. The van der Waals surface area contributed by atoms with Gasteiger partial charge < -0.3 is 4.79 Å². The molecule has 2 atom stereocenters. The topological polar surface area (TPSA) is 17.1 Å². The van der Waals surface area contributed by atoms with Crippen molar-refractivity contribution in [2.45, 2.75) is 26.2 Å². The molecule has 2 unspecified atom stereocenters. The minimum atomic E-state index is 0.0374. The first-order chi connectivity index (χ1) is 7.62. The van der Waals surface area contributed by atoms with E-state index in [2.05, 4.69) is 38.1 Å². The van der Waals surface area contributed by atoms with Crippen LogP contribution in [0, 0.1) is 11.3 Å². The number of rotatable bonds is 2. The van der Waals surface area contributed by atoms with Gasteiger partial charge in [0.05, 0.1) is 0 Å². The molecule has 0 saturated heterocycles. The first-order valence-corrected chi connectivity index (χ1v) is 5.82. The smallest absolute Gasteiger partial charge is 0.127 e. The van der Waals surface area contributed by atoms with Crippen molar-refractivity contribution in [2.75, 3.05) is 0 Å². The van der Waals surface area contributed by atoms with E-state index in [0.29, 0.717) is 5.92 Å². The Bertz CT molecular complexity index is 389. The second-order valence-electron chi connectivity index (χ2n) is 5.28. The van der Waals surface area contributed by atoms with Gasteiger partial charge in [-0.05, 0) is 23.3 Å². The molecule has 0 spiro atoms. The molecule has 2 rings (SSSR count). The molecule has 0 heterocycles. The first kappa shape index (κ1) is 11.1. The van der Waals surface area contributed by atoms with Gasteiger partial charge in [0.2, 0.25) is 0 Å². The van der Waals surface area contributed by atoms with Gasteiger partial charge in [0.25, 0.3) is 0 Å². The van der Waals surface area contributed by atoms with E-state index < -0.39 is 0 Å². The van der Waals surface area contributed by atoms with Gasteiger partial charge in [0.15, 0.2) is 0 Å². The predicted molar refractivity (Wildman–Crippen MR) is 66.3 cm³/mol. The Kier molecular flexibility index (Phi) is 2.95. The zero-order valence-corrected chi connectivity index (χ0v) is 9.89. The molecule has 1 aromatic rings. The summed E-state index contributed by atoms with van der Waals surface area (Å²) in [6.07, 6.45) is 6.35. The molecule has 0 aliphatic heterocycles. The molecule has 1 aliphatic rings. The Hall–Kier alpha value is -1.37. The van der Waals surface area contributed by atoms with E-state index >= 15 is 0 Å². The van der Waals surface area contributed by atoms with Gasteiger partial charge in [-0.3, -0.25) is 0 Å². The number of aldehydes is 1. The fourth-order valence-electron chi connectivity index (χ4n) is 2.46. The standard InChI is InChI=1S/C15H18O/c1-15(2)9-8-13(11-16)14(10-15)12-6-4-3-5-7-12/h3-9,11,13-14H,10H2,1-2H3. The third-order valence-electron chi connectivity index (χ3n) is 3.37. The van der Waals surface area contributed by atoms with E-state index in [4.69, 9.17) is 0 Å². The molecule has 0 N–H and O–H groups in total. The van der Waals surface area contributed by atoms with Crippen LogP contribution in [0.25, 0.3) is 0 Å². The van der Waals surface area contributed by atoms with Crippen LogP contribution in [0.15, 0.2) is 42.5 Å². The van der Waals surface area contributed by atoms with Crippen LogP contribution in [-0.2, 0) is 4.79 Å². The van der Waals surface area contributed by atoms with Crippen molar-refractivity contribution in [1.29, 1.82) is 0 Å². The quantitative estimate of drug-likeness (QED) is 0.543. The number of carbonyl (C=O) groups is 1. The van der Waals surface area contributed by atoms with E-state index in [1.54, 1.807) is 0 Å². The SMILES string of the molecule is CC1(C)C=CC(C=O)C(c2ccccc2)C1. The van der Waals surface area contributed by atoms with Gasteiger partial charge in [-0.1, -0.05) is 56.3 Å². The number of benzene rings is 1. The number of hydrogen-bond donors (Lipinski definition) is 0. The summed E-state index contributed by atoms with van der Waals surface area (Å²) in [4.78, 5) is 11.1. The van der Waals surface area contributed by atoms with Crippen molar-refractivity contribution in [3.8, 4) is 0 Å². The van der Waals surface area contributed by atoms with E-state index in [-0.39, 0.29) is 11.3 Å². The van der Waals surface area contributed by atoms with Crippen molar-refractivity contribution >= 4 is 6.29 Å². The number of hydrogen-bond acceptors (Lipinski definition) is 1. The molecule has 0 bridgehead atoms. The summed E-state index contributed by atoms with van der Waals surface area (Å²) < 4.78 is 0. The zero-order chi connectivity index (χ0) is 11.6.